The molecule has 0 aliphatic heterocycles. The fourth-order valence-electron chi connectivity index (χ4n) is 0.0723. The zero-order valence-corrected chi connectivity index (χ0v) is 9.80. The predicted octanol–water partition coefficient (Wildman–Crippen LogP) is 0.626. The average molecular weight is 334 g/mol. The van der Waals surface area contributed by atoms with Gasteiger partial charge in [0.15, 0.2) is 17.4 Å². The van der Waals surface area contributed by atoms with Crippen LogP contribution >= 0.6 is 46.8 Å². The van der Waals surface area contributed by atoms with E-state index >= 15 is 0 Å². The first-order valence-electron chi connectivity index (χ1n) is 1.62. The minimum Gasteiger partial charge on any atom is -0.478 e. The zero-order valence-electron chi connectivity index (χ0n) is 4.31. The minimum absolute atomic E-state index is 0. The van der Waals surface area contributed by atoms with Gasteiger partial charge in [-0.2, -0.15) is 0 Å². The van der Waals surface area contributed by atoms with Crippen molar-refractivity contribution in [1.29, 1.82) is 0 Å². The summed E-state index contributed by atoms with van der Waals surface area (Å²) in [5.41, 5.74) is 0. The Balaban J connectivity index is -0.000000320. The molecule has 9 heteroatoms. The molecule has 3 nitrogen and oxygen atoms in total. The maximum atomic E-state index is 9.99. The molecule has 0 aromatic carbocycles. The van der Waals surface area contributed by atoms with Crippen molar-refractivity contribution < 1.29 is 36.1 Å². The number of carbonyl (C=O) groups is 1. The van der Waals surface area contributed by atoms with Crippen LogP contribution in [0.2, 0.25) is 0 Å². The van der Waals surface area contributed by atoms with Gasteiger partial charge >= 0.3 is 5.97 Å². The van der Waals surface area contributed by atoms with E-state index in [4.69, 9.17) is 51.9 Å². The van der Waals surface area contributed by atoms with Crippen molar-refractivity contribution in [2.45, 2.75) is 4.46 Å². The van der Waals surface area contributed by atoms with Gasteiger partial charge in [0.25, 0.3) is 4.46 Å². The molecular weight excluding hydrogens is 330 g/mol. The number of nitrogens with zero attached hydrogens (tertiary/aromatic N) is 1. The molecule has 0 atom stereocenters. The van der Waals surface area contributed by atoms with E-state index in [0.717, 1.165) is 0 Å². The van der Waals surface area contributed by atoms with Gasteiger partial charge < -0.3 is 5.11 Å². The molecule has 0 aliphatic rings. The normalized spacial score (nSPS) is 9.91. The molecule has 0 radical (unpaired) electrons. The molecule has 11 heavy (non-hydrogen) atoms. The van der Waals surface area contributed by atoms with E-state index in [-0.39, 0.29) is 47.5 Å². The largest absolute Gasteiger partial charge is 0.478 e. The van der Waals surface area contributed by atoms with Gasteiger partial charge in [0.2, 0.25) is 0 Å². The molecule has 0 unspecified atom stereocenters. The Morgan fingerprint density at radius 3 is 1.64 bits per heavy atom. The number of aliphatic carboxylic acids is 1. The molecule has 0 aromatic heterocycles. The predicted molar refractivity (Wildman–Crippen MR) is 45.6 cm³/mol. The Morgan fingerprint density at radius 2 is 1.64 bits per heavy atom. The Kier molecular flexibility index (Phi) is 12.6. The van der Waals surface area contributed by atoms with Crippen LogP contribution in [0.5, 0.6) is 0 Å². The number of rotatable bonds is 2. The maximum absolute atomic E-state index is 9.99. The van der Waals surface area contributed by atoms with Crippen LogP contribution in [-0.2, 0) is 31.0 Å². The smallest absolute Gasteiger partial charge is 0.358 e. The van der Waals surface area contributed by atoms with E-state index < -0.39 is 10.4 Å². The molecule has 0 rings (SSSR count). The SMILES string of the molecule is O=C(O)C(Cl)(Cl)N(Cl)Cl.[AlH3].[Zr]. The molecule has 0 heterocycles. The summed E-state index contributed by atoms with van der Waals surface area (Å²) in [4.78, 5) is 9.99. The van der Waals surface area contributed by atoms with Crippen molar-refractivity contribution in [3.8, 4) is 0 Å². The van der Waals surface area contributed by atoms with Gasteiger partial charge in [0.1, 0.15) is 0 Å². The fourth-order valence-corrected chi connectivity index (χ4v) is 0.217. The minimum atomic E-state index is -2.27. The summed E-state index contributed by atoms with van der Waals surface area (Å²) in [6.07, 6.45) is 0. The summed E-state index contributed by atoms with van der Waals surface area (Å²) in [7, 11) is 0. The topological polar surface area (TPSA) is 40.5 Å². The molecule has 0 aliphatic carbocycles. The van der Waals surface area contributed by atoms with E-state index in [9.17, 15) is 4.79 Å². The van der Waals surface area contributed by atoms with Gasteiger partial charge in [-0.05, 0) is 23.6 Å². The number of carboxylic acids is 1. The van der Waals surface area contributed by atoms with E-state index in [0.29, 0.717) is 0 Å². The number of halogens is 4. The summed E-state index contributed by atoms with van der Waals surface area (Å²) in [5.74, 6) is -1.53. The van der Waals surface area contributed by atoms with Gasteiger partial charge in [-0.15, -0.1) is 0 Å². The maximum Gasteiger partial charge on any atom is 0.358 e. The average Bonchev–Trinajstić information content (AvgIpc) is 1.65. The first-order chi connectivity index (χ1) is 3.89. The van der Waals surface area contributed by atoms with Crippen molar-refractivity contribution in [2.75, 3.05) is 0 Å². The Morgan fingerprint density at radius 1 is 1.36 bits per heavy atom. The summed E-state index contributed by atoms with van der Waals surface area (Å²) in [6, 6.07) is 0. The van der Waals surface area contributed by atoms with Gasteiger partial charge in [-0.3, -0.25) is 0 Å². The third kappa shape index (κ3) is 6.13. The van der Waals surface area contributed by atoms with Crippen LogP contribution in [0.15, 0.2) is 0 Å². The Bertz CT molecular complexity index is 133. The second kappa shape index (κ2) is 7.41. The molecule has 64 valence electrons. The zero-order chi connectivity index (χ0) is 7.65. The molecule has 0 spiro atoms. The first kappa shape index (κ1) is 18.7. The number of carboxylic acid groups (broad SMARTS) is 1. The van der Waals surface area contributed by atoms with E-state index in [1.165, 1.54) is 0 Å². The molecule has 0 aromatic rings. The van der Waals surface area contributed by atoms with Crippen LogP contribution in [0.4, 0.5) is 0 Å². The molecule has 0 saturated carbocycles. The summed E-state index contributed by atoms with van der Waals surface area (Å²) in [6.45, 7) is 0. The first-order valence-corrected chi connectivity index (χ1v) is 3.05. The third-order valence-corrected chi connectivity index (χ3v) is 1.98. The number of hydrogen-bond acceptors (Lipinski definition) is 2. The molecule has 0 saturated heterocycles. The summed E-state index contributed by atoms with van der Waals surface area (Å²) < 4.78 is -2.14. The van der Waals surface area contributed by atoms with Gasteiger partial charge in [-0.25, -0.2) is 4.79 Å². The van der Waals surface area contributed by atoms with Crippen LogP contribution in [0.3, 0.4) is 0 Å². The standard InChI is InChI=1S/C2HCl4NO2.Al.Zr.3H/c3-2(4,1(8)9)7(5)6;;;;;/h(H,8,9);;;;;. The van der Waals surface area contributed by atoms with Crippen molar-refractivity contribution in [3.05, 3.63) is 0 Å². The van der Waals surface area contributed by atoms with Crippen molar-refractivity contribution in [3.63, 3.8) is 0 Å². The third-order valence-electron chi connectivity index (χ3n) is 0.470. The van der Waals surface area contributed by atoms with Gasteiger partial charge in [0.05, 0.1) is 0 Å². The molecule has 0 fully saturated rings. The van der Waals surface area contributed by atoms with Gasteiger partial charge in [-0.1, -0.05) is 27.1 Å². The van der Waals surface area contributed by atoms with E-state index in [1.807, 2.05) is 0 Å². The van der Waals surface area contributed by atoms with E-state index in [2.05, 4.69) is 0 Å². The van der Waals surface area contributed by atoms with Gasteiger partial charge in [0, 0.05) is 26.2 Å². The number of alkyl halides is 2. The quantitative estimate of drug-likeness (QED) is 0.349. The van der Waals surface area contributed by atoms with Crippen molar-refractivity contribution in [2.24, 2.45) is 0 Å². The van der Waals surface area contributed by atoms with Crippen LogP contribution in [0, 0.1) is 0 Å². The molecule has 0 amide bonds. The second-order valence-corrected chi connectivity index (χ2v) is 3.22. The molecule has 1 N–H and O–H groups in total. The summed E-state index contributed by atoms with van der Waals surface area (Å²) in [5, 5.41) is 8.14. The monoisotopic (exact) mass is 331 g/mol. The van der Waals surface area contributed by atoms with Crippen molar-refractivity contribution >= 4 is 70.1 Å². The Hall–Kier alpha value is 2.01. The second-order valence-electron chi connectivity index (χ2n) is 1.08. The van der Waals surface area contributed by atoms with Crippen molar-refractivity contribution in [1.82, 2.24) is 3.94 Å². The van der Waals surface area contributed by atoms with Crippen LogP contribution in [-0.4, -0.2) is 36.8 Å². The van der Waals surface area contributed by atoms with Crippen LogP contribution in [0.25, 0.3) is 0 Å². The fraction of sp³-hybridized carbons (Fsp3) is 0.500. The van der Waals surface area contributed by atoms with Crippen LogP contribution < -0.4 is 0 Å². The summed E-state index contributed by atoms with van der Waals surface area (Å²) >= 11 is 19.9. The molecular formula is C2H4AlCl4NO2Zr. The molecule has 0 bridgehead atoms. The number of hydrogen-bond donors (Lipinski definition) is 1. The van der Waals surface area contributed by atoms with E-state index in [1.54, 1.807) is 0 Å². The Labute approximate surface area is 113 Å². The van der Waals surface area contributed by atoms with Crippen LogP contribution in [0.1, 0.15) is 0 Å².